The van der Waals surface area contributed by atoms with Crippen molar-refractivity contribution in [2.75, 3.05) is 13.2 Å². The van der Waals surface area contributed by atoms with Crippen LogP contribution < -0.4 is 10.1 Å². The number of para-hydroxylation sites is 1. The van der Waals surface area contributed by atoms with E-state index in [0.717, 1.165) is 23.4 Å². The third kappa shape index (κ3) is 4.42. The number of amides is 1. The number of hydrogen-bond donors (Lipinski definition) is 2. The largest absolute Gasteiger partial charge is 0.493 e. The van der Waals surface area contributed by atoms with Crippen LogP contribution in [0.5, 0.6) is 5.75 Å². The molecule has 1 aromatic carbocycles. The van der Waals surface area contributed by atoms with Gasteiger partial charge in [0.25, 0.3) is 0 Å². The maximum Gasteiger partial charge on any atom is 0.223 e. The van der Waals surface area contributed by atoms with E-state index in [1.807, 2.05) is 31.2 Å². The fourth-order valence-electron chi connectivity index (χ4n) is 1.82. The van der Waals surface area contributed by atoms with Crippen molar-refractivity contribution in [3.05, 3.63) is 48.0 Å². The molecule has 5 heteroatoms. The molecule has 0 aliphatic carbocycles. The first kappa shape index (κ1) is 14.1. The number of hydrogen-bond acceptors (Lipinski definition) is 3. The first-order valence-corrected chi connectivity index (χ1v) is 6.68. The van der Waals surface area contributed by atoms with Gasteiger partial charge in [-0.15, -0.1) is 0 Å². The lowest BCUT2D eigenvalue weighted by molar-refractivity contribution is -0.121. The van der Waals surface area contributed by atoms with Gasteiger partial charge < -0.3 is 15.0 Å². The summed E-state index contributed by atoms with van der Waals surface area (Å²) in [5, 5.41) is 2.86. The number of aryl methyl sites for hydroxylation is 1. The SMILES string of the molecule is Cc1ccccc1OCCC(=O)NCCc1cnc[nH]1. The van der Waals surface area contributed by atoms with Crippen molar-refractivity contribution in [1.29, 1.82) is 0 Å². The Hall–Kier alpha value is -2.30. The summed E-state index contributed by atoms with van der Waals surface area (Å²) in [6.45, 7) is 2.98. The number of carbonyl (C=O) groups excluding carboxylic acids is 1. The number of nitrogens with one attached hydrogen (secondary N) is 2. The molecule has 106 valence electrons. The number of ether oxygens (including phenoxy) is 1. The van der Waals surface area contributed by atoms with E-state index in [-0.39, 0.29) is 5.91 Å². The second kappa shape index (κ2) is 7.33. The maximum absolute atomic E-state index is 11.6. The van der Waals surface area contributed by atoms with Crippen LogP contribution >= 0.6 is 0 Å². The zero-order valence-corrected chi connectivity index (χ0v) is 11.6. The zero-order chi connectivity index (χ0) is 14.2. The van der Waals surface area contributed by atoms with E-state index in [1.54, 1.807) is 12.5 Å². The minimum atomic E-state index is -0.00176. The molecule has 0 unspecified atom stereocenters. The van der Waals surface area contributed by atoms with Crippen LogP contribution in [0.3, 0.4) is 0 Å². The Labute approximate surface area is 118 Å². The van der Waals surface area contributed by atoms with Crippen LogP contribution in [-0.2, 0) is 11.2 Å². The second-order valence-electron chi connectivity index (χ2n) is 4.54. The molecule has 0 aliphatic heterocycles. The Bertz CT molecular complexity index is 538. The zero-order valence-electron chi connectivity index (χ0n) is 11.6. The molecule has 2 N–H and O–H groups in total. The third-order valence-electron chi connectivity index (χ3n) is 2.95. The predicted octanol–water partition coefficient (Wildman–Crippen LogP) is 1.85. The molecule has 2 rings (SSSR count). The van der Waals surface area contributed by atoms with Crippen molar-refractivity contribution in [2.45, 2.75) is 19.8 Å². The number of aromatic nitrogens is 2. The van der Waals surface area contributed by atoms with Crippen LogP contribution in [0, 0.1) is 6.92 Å². The Kier molecular flexibility index (Phi) is 5.17. The van der Waals surface area contributed by atoms with Crippen molar-refractivity contribution < 1.29 is 9.53 Å². The molecule has 2 aromatic rings. The lowest BCUT2D eigenvalue weighted by Gasteiger charge is -2.09. The van der Waals surface area contributed by atoms with E-state index in [0.29, 0.717) is 19.6 Å². The van der Waals surface area contributed by atoms with Crippen LogP contribution in [0.25, 0.3) is 0 Å². The highest BCUT2D eigenvalue weighted by Crippen LogP contribution is 2.15. The fraction of sp³-hybridized carbons (Fsp3) is 0.333. The number of aromatic amines is 1. The Morgan fingerprint density at radius 1 is 1.40 bits per heavy atom. The minimum absolute atomic E-state index is 0.00176. The summed E-state index contributed by atoms with van der Waals surface area (Å²) in [6, 6.07) is 7.78. The van der Waals surface area contributed by atoms with Crippen molar-refractivity contribution in [3.63, 3.8) is 0 Å². The van der Waals surface area contributed by atoms with Gasteiger partial charge in [0.05, 0.1) is 19.4 Å². The van der Waals surface area contributed by atoms with Gasteiger partial charge in [-0.25, -0.2) is 4.98 Å². The van der Waals surface area contributed by atoms with E-state index >= 15 is 0 Å². The van der Waals surface area contributed by atoms with E-state index in [2.05, 4.69) is 15.3 Å². The molecule has 0 bridgehead atoms. The molecule has 0 saturated carbocycles. The normalized spacial score (nSPS) is 10.2. The van der Waals surface area contributed by atoms with Crippen LogP contribution in [-0.4, -0.2) is 29.0 Å². The topological polar surface area (TPSA) is 67.0 Å². The van der Waals surface area contributed by atoms with Crippen LogP contribution in [0.1, 0.15) is 17.7 Å². The summed E-state index contributed by atoms with van der Waals surface area (Å²) in [5.41, 5.74) is 2.09. The Morgan fingerprint density at radius 3 is 3.00 bits per heavy atom. The van der Waals surface area contributed by atoms with Crippen molar-refractivity contribution in [1.82, 2.24) is 15.3 Å². The van der Waals surface area contributed by atoms with Crippen LogP contribution in [0.2, 0.25) is 0 Å². The van der Waals surface area contributed by atoms with E-state index in [9.17, 15) is 4.79 Å². The highest BCUT2D eigenvalue weighted by Gasteiger charge is 2.03. The molecule has 0 atom stereocenters. The van der Waals surface area contributed by atoms with Gasteiger partial charge in [-0.2, -0.15) is 0 Å². The van der Waals surface area contributed by atoms with Gasteiger partial charge >= 0.3 is 0 Å². The van der Waals surface area contributed by atoms with Crippen molar-refractivity contribution >= 4 is 5.91 Å². The number of carbonyl (C=O) groups is 1. The number of rotatable bonds is 7. The molecule has 20 heavy (non-hydrogen) atoms. The second-order valence-corrected chi connectivity index (χ2v) is 4.54. The van der Waals surface area contributed by atoms with Gasteiger partial charge in [-0.3, -0.25) is 4.79 Å². The third-order valence-corrected chi connectivity index (χ3v) is 2.95. The molecular weight excluding hydrogens is 254 g/mol. The summed E-state index contributed by atoms with van der Waals surface area (Å²) < 4.78 is 5.58. The van der Waals surface area contributed by atoms with Crippen molar-refractivity contribution in [2.24, 2.45) is 0 Å². The highest BCUT2D eigenvalue weighted by atomic mass is 16.5. The minimum Gasteiger partial charge on any atom is -0.493 e. The number of H-pyrrole nitrogens is 1. The summed E-state index contributed by atoms with van der Waals surface area (Å²) in [7, 11) is 0. The number of nitrogens with zero attached hydrogens (tertiary/aromatic N) is 1. The lowest BCUT2D eigenvalue weighted by atomic mass is 10.2. The van der Waals surface area contributed by atoms with Gasteiger partial charge in [-0.05, 0) is 18.6 Å². The molecule has 1 heterocycles. The smallest absolute Gasteiger partial charge is 0.223 e. The molecule has 1 aromatic heterocycles. The van der Waals surface area contributed by atoms with Gasteiger partial charge in [-0.1, -0.05) is 18.2 Å². The molecule has 0 saturated heterocycles. The van der Waals surface area contributed by atoms with E-state index in [4.69, 9.17) is 4.74 Å². The van der Waals surface area contributed by atoms with E-state index < -0.39 is 0 Å². The lowest BCUT2D eigenvalue weighted by Crippen LogP contribution is -2.27. The number of benzene rings is 1. The fourth-order valence-corrected chi connectivity index (χ4v) is 1.82. The van der Waals surface area contributed by atoms with Gasteiger partial charge in [0.2, 0.25) is 5.91 Å². The van der Waals surface area contributed by atoms with Gasteiger partial charge in [0, 0.05) is 24.9 Å². The summed E-state index contributed by atoms with van der Waals surface area (Å²) in [6.07, 6.45) is 4.50. The number of imidazole rings is 1. The highest BCUT2D eigenvalue weighted by molar-refractivity contribution is 5.75. The average molecular weight is 273 g/mol. The first-order chi connectivity index (χ1) is 9.75. The molecule has 0 spiro atoms. The molecule has 1 amide bonds. The summed E-state index contributed by atoms with van der Waals surface area (Å²) in [4.78, 5) is 18.5. The first-order valence-electron chi connectivity index (χ1n) is 6.68. The van der Waals surface area contributed by atoms with Gasteiger partial charge in [0.15, 0.2) is 0 Å². The molecule has 0 fully saturated rings. The average Bonchev–Trinajstić information content (AvgIpc) is 2.94. The summed E-state index contributed by atoms with van der Waals surface area (Å²) in [5.74, 6) is 0.829. The van der Waals surface area contributed by atoms with Crippen LogP contribution in [0.4, 0.5) is 0 Å². The van der Waals surface area contributed by atoms with Gasteiger partial charge in [0.1, 0.15) is 5.75 Å². The molecule has 0 radical (unpaired) electrons. The van der Waals surface area contributed by atoms with E-state index in [1.165, 1.54) is 0 Å². The predicted molar refractivity (Wildman–Crippen MR) is 76.6 cm³/mol. The quantitative estimate of drug-likeness (QED) is 0.809. The monoisotopic (exact) mass is 273 g/mol. The molecule has 0 aliphatic rings. The summed E-state index contributed by atoms with van der Waals surface area (Å²) >= 11 is 0. The molecular formula is C15H19N3O2. The standard InChI is InChI=1S/C15H19N3O2/c1-12-4-2-3-5-14(12)20-9-7-15(19)17-8-6-13-10-16-11-18-13/h2-5,10-11H,6-9H2,1H3,(H,16,18)(H,17,19). The van der Waals surface area contributed by atoms with Crippen LogP contribution in [0.15, 0.2) is 36.8 Å². The molecule has 5 nitrogen and oxygen atoms in total. The van der Waals surface area contributed by atoms with Crippen molar-refractivity contribution in [3.8, 4) is 5.75 Å². The Balaban J connectivity index is 1.62. The maximum atomic E-state index is 11.6. The Morgan fingerprint density at radius 2 is 2.25 bits per heavy atom.